The van der Waals surface area contributed by atoms with Gasteiger partial charge in [-0.3, -0.25) is 4.79 Å². The minimum absolute atomic E-state index is 0.167. The summed E-state index contributed by atoms with van der Waals surface area (Å²) in [6.45, 7) is 5.03. The molecular formula is C22H27N7O3. The number of aryl methyl sites for hydroxylation is 1. The summed E-state index contributed by atoms with van der Waals surface area (Å²) in [6.07, 6.45) is 2.20. The van der Waals surface area contributed by atoms with Crippen LogP contribution in [0.15, 0.2) is 42.6 Å². The van der Waals surface area contributed by atoms with E-state index in [1.165, 1.54) is 0 Å². The molecule has 10 nitrogen and oxygen atoms in total. The lowest BCUT2D eigenvalue weighted by Crippen LogP contribution is -2.38. The van der Waals surface area contributed by atoms with Gasteiger partial charge >= 0.3 is 0 Å². The van der Waals surface area contributed by atoms with Crippen LogP contribution in [0.5, 0.6) is 5.75 Å². The monoisotopic (exact) mass is 437 g/mol. The Bertz CT molecular complexity index is 1050. The average molecular weight is 438 g/mol. The van der Waals surface area contributed by atoms with E-state index in [0.717, 1.165) is 35.8 Å². The Morgan fingerprint density at radius 2 is 2.09 bits per heavy atom. The second kappa shape index (κ2) is 10.2. The third-order valence-corrected chi connectivity index (χ3v) is 5.45. The van der Waals surface area contributed by atoms with Crippen molar-refractivity contribution < 1.29 is 14.3 Å². The van der Waals surface area contributed by atoms with Crippen molar-refractivity contribution in [3.8, 4) is 5.75 Å². The van der Waals surface area contributed by atoms with Crippen LogP contribution in [0.4, 0.5) is 5.82 Å². The first-order chi connectivity index (χ1) is 15.7. The molecule has 0 radical (unpaired) electrons. The van der Waals surface area contributed by atoms with Crippen molar-refractivity contribution in [2.75, 3.05) is 38.3 Å². The SMILES string of the molecule is COc1cccc(C[C@@H](C(=O)NCc2cccnc2N2CCOCC2)n2nnnc2C)c1. The lowest BCUT2D eigenvalue weighted by molar-refractivity contribution is -0.124. The number of anilines is 1. The Balaban J connectivity index is 1.52. The van der Waals surface area contributed by atoms with Gasteiger partial charge in [-0.2, -0.15) is 0 Å². The van der Waals surface area contributed by atoms with Gasteiger partial charge in [0, 0.05) is 37.8 Å². The second-order valence-electron chi connectivity index (χ2n) is 7.55. The van der Waals surface area contributed by atoms with Gasteiger partial charge in [-0.15, -0.1) is 5.10 Å². The van der Waals surface area contributed by atoms with Crippen LogP contribution in [0.25, 0.3) is 0 Å². The van der Waals surface area contributed by atoms with E-state index in [0.29, 0.717) is 32.0 Å². The number of nitrogens with one attached hydrogen (secondary N) is 1. The number of hydrogen-bond acceptors (Lipinski definition) is 8. The first kappa shape index (κ1) is 21.7. The molecule has 0 unspecified atom stereocenters. The summed E-state index contributed by atoms with van der Waals surface area (Å²) in [4.78, 5) is 20.0. The number of rotatable bonds is 8. The quantitative estimate of drug-likeness (QED) is 0.562. The number of aromatic nitrogens is 5. The number of nitrogens with zero attached hydrogens (tertiary/aromatic N) is 6. The molecule has 1 aliphatic heterocycles. The molecule has 0 saturated carbocycles. The minimum atomic E-state index is -0.597. The van der Waals surface area contributed by atoms with E-state index in [9.17, 15) is 4.79 Å². The summed E-state index contributed by atoms with van der Waals surface area (Å²) in [7, 11) is 1.62. The molecule has 0 spiro atoms. The number of carbonyl (C=O) groups is 1. The fourth-order valence-corrected chi connectivity index (χ4v) is 3.77. The molecule has 168 valence electrons. The Kier molecular flexibility index (Phi) is 6.90. The van der Waals surface area contributed by atoms with Gasteiger partial charge in [0.25, 0.3) is 0 Å². The second-order valence-corrected chi connectivity index (χ2v) is 7.55. The Morgan fingerprint density at radius 1 is 1.25 bits per heavy atom. The highest BCUT2D eigenvalue weighted by Gasteiger charge is 2.25. The summed E-state index contributed by atoms with van der Waals surface area (Å²) in [5.74, 6) is 2.02. The maximum absolute atomic E-state index is 13.3. The summed E-state index contributed by atoms with van der Waals surface area (Å²) in [5, 5.41) is 14.8. The van der Waals surface area contributed by atoms with E-state index < -0.39 is 6.04 Å². The van der Waals surface area contributed by atoms with Gasteiger partial charge in [-0.1, -0.05) is 18.2 Å². The van der Waals surface area contributed by atoms with Crippen LogP contribution >= 0.6 is 0 Å². The van der Waals surface area contributed by atoms with Crippen molar-refractivity contribution in [1.82, 2.24) is 30.5 Å². The molecule has 1 atom stereocenters. The number of methoxy groups -OCH3 is 1. The number of pyridine rings is 1. The molecule has 1 aliphatic rings. The molecule has 1 N–H and O–H groups in total. The molecule has 1 saturated heterocycles. The smallest absolute Gasteiger partial charge is 0.245 e. The lowest BCUT2D eigenvalue weighted by atomic mass is 10.0. The van der Waals surface area contributed by atoms with E-state index in [4.69, 9.17) is 9.47 Å². The van der Waals surface area contributed by atoms with Gasteiger partial charge in [0.15, 0.2) is 0 Å². The Morgan fingerprint density at radius 3 is 2.84 bits per heavy atom. The van der Waals surface area contributed by atoms with E-state index >= 15 is 0 Å². The zero-order valence-corrected chi connectivity index (χ0v) is 18.3. The van der Waals surface area contributed by atoms with Gasteiger partial charge in [0.05, 0.1) is 20.3 Å². The fraction of sp³-hybridized carbons (Fsp3) is 0.409. The number of amides is 1. The van der Waals surface area contributed by atoms with Crippen molar-refractivity contribution >= 4 is 11.7 Å². The Labute approximate surface area is 186 Å². The van der Waals surface area contributed by atoms with Crippen LogP contribution < -0.4 is 15.0 Å². The number of carbonyl (C=O) groups excluding carboxylic acids is 1. The molecule has 2 aromatic heterocycles. The van der Waals surface area contributed by atoms with Crippen LogP contribution in [0.1, 0.15) is 23.0 Å². The van der Waals surface area contributed by atoms with Gasteiger partial charge in [0.2, 0.25) is 5.91 Å². The van der Waals surface area contributed by atoms with Gasteiger partial charge in [-0.05, 0) is 41.1 Å². The van der Waals surface area contributed by atoms with E-state index in [-0.39, 0.29) is 5.91 Å². The van der Waals surface area contributed by atoms with Crippen molar-refractivity contribution in [2.45, 2.75) is 25.9 Å². The molecule has 1 aromatic carbocycles. The highest BCUT2D eigenvalue weighted by Crippen LogP contribution is 2.21. The maximum atomic E-state index is 13.3. The van der Waals surface area contributed by atoms with Crippen molar-refractivity contribution in [3.63, 3.8) is 0 Å². The highest BCUT2D eigenvalue weighted by molar-refractivity contribution is 5.80. The zero-order valence-electron chi connectivity index (χ0n) is 18.3. The molecule has 10 heteroatoms. The van der Waals surface area contributed by atoms with Gasteiger partial charge in [0.1, 0.15) is 23.4 Å². The molecule has 1 amide bonds. The van der Waals surface area contributed by atoms with Gasteiger partial charge < -0.3 is 19.7 Å². The van der Waals surface area contributed by atoms with Crippen LogP contribution in [0.3, 0.4) is 0 Å². The minimum Gasteiger partial charge on any atom is -0.497 e. The molecule has 3 heterocycles. The number of hydrogen-bond donors (Lipinski definition) is 1. The largest absolute Gasteiger partial charge is 0.497 e. The summed E-state index contributed by atoms with van der Waals surface area (Å²) in [6, 6.07) is 10.9. The number of ether oxygens (including phenoxy) is 2. The first-order valence-electron chi connectivity index (χ1n) is 10.6. The number of morpholine rings is 1. The lowest BCUT2D eigenvalue weighted by Gasteiger charge is -2.29. The molecule has 0 aliphatic carbocycles. The van der Waals surface area contributed by atoms with Crippen molar-refractivity contribution in [2.24, 2.45) is 0 Å². The van der Waals surface area contributed by atoms with Gasteiger partial charge in [-0.25, -0.2) is 9.67 Å². The zero-order chi connectivity index (χ0) is 22.3. The third-order valence-electron chi connectivity index (χ3n) is 5.45. The van der Waals surface area contributed by atoms with E-state index in [2.05, 4.69) is 30.7 Å². The molecule has 4 rings (SSSR count). The molecule has 1 fully saturated rings. The maximum Gasteiger partial charge on any atom is 0.245 e. The molecule has 32 heavy (non-hydrogen) atoms. The van der Waals surface area contributed by atoms with E-state index in [1.54, 1.807) is 24.9 Å². The topological polar surface area (TPSA) is 107 Å². The predicted molar refractivity (Wildman–Crippen MR) is 117 cm³/mol. The third kappa shape index (κ3) is 5.02. The van der Waals surface area contributed by atoms with Crippen molar-refractivity contribution in [3.05, 3.63) is 59.5 Å². The number of tetrazole rings is 1. The predicted octanol–water partition coefficient (Wildman–Crippen LogP) is 1.32. The summed E-state index contributed by atoms with van der Waals surface area (Å²) in [5.41, 5.74) is 1.91. The molecule has 0 bridgehead atoms. The first-order valence-corrected chi connectivity index (χ1v) is 10.6. The van der Waals surface area contributed by atoms with Crippen LogP contribution in [-0.2, 0) is 22.5 Å². The van der Waals surface area contributed by atoms with Crippen LogP contribution in [0, 0.1) is 6.92 Å². The highest BCUT2D eigenvalue weighted by atomic mass is 16.5. The standard InChI is InChI=1S/C22H27N7O3/c1-16-25-26-27-29(16)20(14-17-5-3-7-19(13-17)31-2)22(30)24-15-18-6-4-8-23-21(18)28-9-11-32-12-10-28/h3-8,13,20H,9-12,14-15H2,1-2H3,(H,24,30)/t20-/m0/s1. The molecule has 3 aromatic rings. The average Bonchev–Trinajstić information content (AvgIpc) is 3.27. The fourth-order valence-electron chi connectivity index (χ4n) is 3.77. The summed E-state index contributed by atoms with van der Waals surface area (Å²) >= 11 is 0. The van der Waals surface area contributed by atoms with E-state index in [1.807, 2.05) is 36.4 Å². The number of benzene rings is 1. The summed E-state index contributed by atoms with van der Waals surface area (Å²) < 4.78 is 12.3. The Hall–Kier alpha value is -3.53. The molecular weight excluding hydrogens is 410 g/mol. The van der Waals surface area contributed by atoms with Crippen LogP contribution in [-0.4, -0.2) is 64.5 Å². The normalized spacial score (nSPS) is 14.8. The van der Waals surface area contributed by atoms with Crippen molar-refractivity contribution in [1.29, 1.82) is 0 Å². The van der Waals surface area contributed by atoms with Crippen LogP contribution in [0.2, 0.25) is 0 Å².